The zero-order valence-corrected chi connectivity index (χ0v) is 11.7. The summed E-state index contributed by atoms with van der Waals surface area (Å²) < 4.78 is 13.6. The summed E-state index contributed by atoms with van der Waals surface area (Å²) in [5.74, 6) is -0.516. The van der Waals surface area contributed by atoms with Crippen LogP contribution in [0.5, 0.6) is 0 Å². The van der Waals surface area contributed by atoms with Crippen LogP contribution in [0.15, 0.2) is 36.4 Å². The van der Waals surface area contributed by atoms with Gasteiger partial charge in [0.1, 0.15) is 11.9 Å². The van der Waals surface area contributed by atoms with Crippen LogP contribution in [0, 0.1) is 24.1 Å². The van der Waals surface area contributed by atoms with Crippen molar-refractivity contribution in [1.29, 1.82) is 5.26 Å². The van der Waals surface area contributed by atoms with Crippen molar-refractivity contribution in [2.45, 2.75) is 6.92 Å². The van der Waals surface area contributed by atoms with Gasteiger partial charge in [0.2, 0.25) is 0 Å². The number of benzene rings is 2. The lowest BCUT2D eigenvalue weighted by Crippen LogP contribution is -2.10. The smallest absolute Gasteiger partial charge is 0.143 e. The Morgan fingerprint density at radius 2 is 1.75 bits per heavy atom. The van der Waals surface area contributed by atoms with Gasteiger partial charge in [0.25, 0.3) is 0 Å². The van der Waals surface area contributed by atoms with Gasteiger partial charge in [0.15, 0.2) is 0 Å². The first-order valence-corrected chi connectivity index (χ1v) is 6.26. The Kier molecular flexibility index (Phi) is 3.90. The van der Waals surface area contributed by atoms with Gasteiger partial charge < -0.3 is 10.2 Å². The summed E-state index contributed by atoms with van der Waals surface area (Å²) >= 11 is 0. The van der Waals surface area contributed by atoms with Crippen LogP contribution in [-0.4, -0.2) is 14.1 Å². The second-order valence-corrected chi connectivity index (χ2v) is 4.83. The number of aryl methyl sites for hydroxylation is 1. The van der Waals surface area contributed by atoms with Crippen molar-refractivity contribution in [1.82, 2.24) is 0 Å². The molecular formula is C16H16FN3. The molecule has 0 atom stereocenters. The van der Waals surface area contributed by atoms with Crippen LogP contribution in [0.1, 0.15) is 11.1 Å². The Morgan fingerprint density at radius 1 is 1.10 bits per heavy atom. The number of nitrogens with one attached hydrogen (secondary N) is 1. The highest BCUT2D eigenvalue weighted by molar-refractivity contribution is 5.67. The highest BCUT2D eigenvalue weighted by atomic mass is 19.1. The predicted molar refractivity (Wildman–Crippen MR) is 79.9 cm³/mol. The fourth-order valence-electron chi connectivity index (χ4n) is 2.02. The molecule has 102 valence electrons. The Balaban J connectivity index is 2.29. The molecule has 2 aromatic carbocycles. The molecule has 4 heteroatoms. The summed E-state index contributed by atoms with van der Waals surface area (Å²) in [6, 6.07) is 12.3. The van der Waals surface area contributed by atoms with Gasteiger partial charge in [0.05, 0.1) is 5.56 Å². The lowest BCUT2D eigenvalue weighted by Gasteiger charge is -2.17. The van der Waals surface area contributed by atoms with Crippen molar-refractivity contribution < 1.29 is 4.39 Å². The fourth-order valence-corrected chi connectivity index (χ4v) is 2.02. The van der Waals surface area contributed by atoms with E-state index in [0.29, 0.717) is 5.69 Å². The molecule has 0 aliphatic heterocycles. The molecule has 0 saturated carbocycles. The van der Waals surface area contributed by atoms with Crippen molar-refractivity contribution >= 4 is 17.1 Å². The van der Waals surface area contributed by atoms with Crippen LogP contribution < -0.4 is 10.2 Å². The summed E-state index contributed by atoms with van der Waals surface area (Å²) in [4.78, 5) is 2.03. The average Bonchev–Trinajstić information content (AvgIpc) is 2.41. The van der Waals surface area contributed by atoms with Gasteiger partial charge in [-0.05, 0) is 42.8 Å². The molecule has 3 nitrogen and oxygen atoms in total. The third kappa shape index (κ3) is 2.89. The molecule has 0 unspecified atom stereocenters. The van der Waals surface area contributed by atoms with E-state index in [1.807, 2.05) is 50.2 Å². The van der Waals surface area contributed by atoms with Crippen LogP contribution in [0.4, 0.5) is 21.5 Å². The fraction of sp³-hybridized carbons (Fsp3) is 0.188. The molecule has 0 fully saturated rings. The van der Waals surface area contributed by atoms with Gasteiger partial charge in [0, 0.05) is 31.2 Å². The van der Waals surface area contributed by atoms with Crippen LogP contribution in [0.2, 0.25) is 0 Å². The van der Waals surface area contributed by atoms with Crippen molar-refractivity contribution in [3.8, 4) is 6.07 Å². The molecule has 0 radical (unpaired) electrons. The topological polar surface area (TPSA) is 39.1 Å². The molecule has 0 amide bonds. The Bertz CT molecular complexity index is 672. The highest BCUT2D eigenvalue weighted by Crippen LogP contribution is 2.25. The molecule has 2 rings (SSSR count). The van der Waals surface area contributed by atoms with Gasteiger partial charge in [-0.1, -0.05) is 6.07 Å². The zero-order chi connectivity index (χ0) is 14.7. The molecule has 0 bridgehead atoms. The van der Waals surface area contributed by atoms with Crippen molar-refractivity contribution in [3.63, 3.8) is 0 Å². The third-order valence-electron chi connectivity index (χ3n) is 3.07. The maximum absolute atomic E-state index is 13.6. The van der Waals surface area contributed by atoms with E-state index >= 15 is 0 Å². The van der Waals surface area contributed by atoms with Crippen molar-refractivity contribution in [2.24, 2.45) is 0 Å². The van der Waals surface area contributed by atoms with E-state index in [1.165, 1.54) is 17.7 Å². The first kappa shape index (κ1) is 13.9. The molecule has 0 saturated heterocycles. The monoisotopic (exact) mass is 269 g/mol. The number of nitrogens with zero attached hydrogens (tertiary/aromatic N) is 2. The largest absolute Gasteiger partial charge is 0.377 e. The average molecular weight is 269 g/mol. The zero-order valence-electron chi connectivity index (χ0n) is 11.7. The molecule has 1 N–H and O–H groups in total. The maximum atomic E-state index is 13.6. The minimum absolute atomic E-state index is 0.0495. The minimum Gasteiger partial charge on any atom is -0.377 e. The maximum Gasteiger partial charge on any atom is 0.143 e. The SMILES string of the molecule is Cc1ccc(Nc2ccc(C#N)c(F)c2)cc1N(C)C. The molecule has 0 aliphatic rings. The molecule has 0 heterocycles. The third-order valence-corrected chi connectivity index (χ3v) is 3.07. The van der Waals surface area contributed by atoms with E-state index in [0.717, 1.165) is 11.4 Å². The molecule has 2 aromatic rings. The number of nitriles is 1. The normalized spacial score (nSPS) is 9.95. The Morgan fingerprint density at radius 3 is 2.35 bits per heavy atom. The lowest BCUT2D eigenvalue weighted by atomic mass is 10.1. The molecule has 20 heavy (non-hydrogen) atoms. The number of hydrogen-bond donors (Lipinski definition) is 1. The van der Waals surface area contributed by atoms with Crippen LogP contribution in [0.3, 0.4) is 0 Å². The number of rotatable bonds is 3. The van der Waals surface area contributed by atoms with Crippen LogP contribution >= 0.6 is 0 Å². The summed E-state index contributed by atoms with van der Waals surface area (Å²) in [7, 11) is 3.96. The van der Waals surface area contributed by atoms with E-state index in [1.54, 1.807) is 6.07 Å². The van der Waals surface area contributed by atoms with Gasteiger partial charge in [-0.2, -0.15) is 5.26 Å². The van der Waals surface area contributed by atoms with Crippen LogP contribution in [-0.2, 0) is 0 Å². The Labute approximate surface area is 118 Å². The molecule has 0 spiro atoms. The van der Waals surface area contributed by atoms with E-state index in [2.05, 4.69) is 5.32 Å². The number of hydrogen-bond acceptors (Lipinski definition) is 3. The standard InChI is InChI=1S/C16H16FN3/c1-11-4-6-14(9-16(11)20(2)3)19-13-7-5-12(10-18)15(17)8-13/h4-9,19H,1-3H3. The first-order chi connectivity index (χ1) is 9.51. The minimum atomic E-state index is -0.516. The number of halogens is 1. The van der Waals surface area contributed by atoms with E-state index in [-0.39, 0.29) is 5.56 Å². The van der Waals surface area contributed by atoms with E-state index in [9.17, 15) is 4.39 Å². The predicted octanol–water partition coefficient (Wildman–Crippen LogP) is 3.82. The first-order valence-electron chi connectivity index (χ1n) is 6.26. The quantitative estimate of drug-likeness (QED) is 0.920. The lowest BCUT2D eigenvalue weighted by molar-refractivity contribution is 0.624. The van der Waals surface area contributed by atoms with Gasteiger partial charge in [-0.3, -0.25) is 0 Å². The van der Waals surface area contributed by atoms with Gasteiger partial charge >= 0.3 is 0 Å². The molecule has 0 aromatic heterocycles. The molecular weight excluding hydrogens is 253 g/mol. The van der Waals surface area contributed by atoms with E-state index < -0.39 is 5.82 Å². The second kappa shape index (κ2) is 5.62. The van der Waals surface area contributed by atoms with Crippen molar-refractivity contribution in [3.05, 3.63) is 53.3 Å². The van der Waals surface area contributed by atoms with Gasteiger partial charge in [-0.25, -0.2) is 4.39 Å². The second-order valence-electron chi connectivity index (χ2n) is 4.83. The summed E-state index contributed by atoms with van der Waals surface area (Å²) in [6.07, 6.45) is 0. The Hall–Kier alpha value is -2.54. The van der Waals surface area contributed by atoms with Gasteiger partial charge in [-0.15, -0.1) is 0 Å². The summed E-state index contributed by atoms with van der Waals surface area (Å²) in [5, 5.41) is 11.9. The number of anilines is 3. The highest BCUT2D eigenvalue weighted by Gasteiger charge is 2.05. The van der Waals surface area contributed by atoms with Crippen molar-refractivity contribution in [2.75, 3.05) is 24.3 Å². The molecule has 0 aliphatic carbocycles. The van der Waals surface area contributed by atoms with Crippen LogP contribution in [0.25, 0.3) is 0 Å². The van der Waals surface area contributed by atoms with E-state index in [4.69, 9.17) is 5.26 Å². The summed E-state index contributed by atoms with van der Waals surface area (Å²) in [5.41, 5.74) is 3.82. The summed E-state index contributed by atoms with van der Waals surface area (Å²) in [6.45, 7) is 2.04.